The van der Waals surface area contributed by atoms with Crippen LogP contribution < -0.4 is 0 Å². The Bertz CT molecular complexity index is 279. The van der Waals surface area contributed by atoms with Gasteiger partial charge >= 0.3 is 0 Å². The number of rotatable bonds is 4. The molecule has 1 aliphatic rings. The third kappa shape index (κ3) is 2.65. The van der Waals surface area contributed by atoms with Crippen LogP contribution in [-0.4, -0.2) is 78.2 Å². The Hall–Kier alpha value is 0.0400. The van der Waals surface area contributed by atoms with E-state index in [4.69, 9.17) is 17.3 Å². The van der Waals surface area contributed by atoms with Gasteiger partial charge in [0.2, 0.25) is 0 Å². The molecular weight excluding hydrogens is 254 g/mol. The van der Waals surface area contributed by atoms with E-state index in [2.05, 4.69) is 0 Å². The summed E-state index contributed by atoms with van der Waals surface area (Å²) in [6.07, 6.45) is -4.72. The third-order valence-electron chi connectivity index (χ3n) is 2.41. The minimum atomic E-state index is -1.67. The van der Waals surface area contributed by atoms with Gasteiger partial charge in [-0.3, -0.25) is 0 Å². The number of likely N-dealkylation sites (N-methyl/N-ethyl adjacent to an activating group) is 1. The molecule has 0 aromatic rings. The van der Waals surface area contributed by atoms with Gasteiger partial charge in [-0.25, -0.2) is 0 Å². The summed E-state index contributed by atoms with van der Waals surface area (Å²) in [5.74, 6) is 0. The van der Waals surface area contributed by atoms with E-state index in [0.717, 1.165) is 11.8 Å². The molecule has 6 nitrogen and oxygen atoms in total. The zero-order valence-corrected chi connectivity index (χ0v) is 10.3. The lowest BCUT2D eigenvalue weighted by molar-refractivity contribution is -0.125. The summed E-state index contributed by atoms with van der Waals surface area (Å²) < 4.78 is 0.396. The van der Waals surface area contributed by atoms with E-state index in [1.165, 1.54) is 0 Å². The summed E-state index contributed by atoms with van der Waals surface area (Å²) in [5.41, 5.74) is 0. The Morgan fingerprint density at radius 1 is 1.50 bits per heavy atom. The Morgan fingerprint density at radius 2 is 2.06 bits per heavy atom. The van der Waals surface area contributed by atoms with Crippen LogP contribution in [0.5, 0.6) is 0 Å². The highest BCUT2D eigenvalue weighted by Gasteiger charge is 2.49. The molecule has 94 valence electrons. The van der Waals surface area contributed by atoms with E-state index in [1.54, 1.807) is 11.9 Å². The van der Waals surface area contributed by atoms with Gasteiger partial charge in [0.25, 0.3) is 0 Å². The van der Waals surface area contributed by atoms with Gasteiger partial charge in [0.1, 0.15) is 22.6 Å². The zero-order chi connectivity index (χ0) is 12.5. The Kier molecular flexibility index (Phi) is 4.52. The largest absolute Gasteiger partial charge is 0.394 e. The van der Waals surface area contributed by atoms with Crippen molar-refractivity contribution >= 4 is 28.3 Å². The Morgan fingerprint density at radius 3 is 2.44 bits per heavy atom. The number of nitrogens with zero attached hydrogens (tertiary/aromatic N) is 1. The fraction of sp³-hybridized carbons (Fsp3) is 0.875. The number of β-amino-alcohol motifs (C(OH)–C–C–N with tert-alkyl or cyclic N) is 1. The zero-order valence-electron chi connectivity index (χ0n) is 8.65. The van der Waals surface area contributed by atoms with E-state index in [0.29, 0.717) is 4.32 Å². The molecule has 0 aromatic heterocycles. The summed E-state index contributed by atoms with van der Waals surface area (Å²) in [6.45, 7) is -0.647. The van der Waals surface area contributed by atoms with Crippen molar-refractivity contribution in [1.82, 2.24) is 4.90 Å². The molecule has 1 saturated heterocycles. The molecule has 1 aliphatic heterocycles. The van der Waals surface area contributed by atoms with Crippen LogP contribution in [0, 0.1) is 0 Å². The first-order valence-electron chi connectivity index (χ1n) is 4.63. The van der Waals surface area contributed by atoms with Crippen molar-refractivity contribution in [3.63, 3.8) is 0 Å². The van der Waals surface area contributed by atoms with Gasteiger partial charge in [-0.2, -0.15) is 0 Å². The molecule has 0 aliphatic carbocycles. The summed E-state index contributed by atoms with van der Waals surface area (Å²) in [7, 11) is 1.65. The SMILES string of the molecule is CN1C[C@@](O)([C@H](O)[C@H](O)[C@H](O)CO)SC1=S. The van der Waals surface area contributed by atoms with Crippen molar-refractivity contribution in [2.45, 2.75) is 23.2 Å². The summed E-state index contributed by atoms with van der Waals surface area (Å²) in [6, 6.07) is 0. The van der Waals surface area contributed by atoms with Gasteiger partial charge in [0.05, 0.1) is 13.2 Å². The number of hydrogen-bond acceptors (Lipinski definition) is 7. The summed E-state index contributed by atoms with van der Waals surface area (Å²) in [4.78, 5) is -0.108. The molecule has 4 atom stereocenters. The molecule has 1 rings (SSSR count). The number of aliphatic hydroxyl groups is 5. The lowest BCUT2D eigenvalue weighted by Crippen LogP contribution is -2.53. The van der Waals surface area contributed by atoms with Crippen molar-refractivity contribution in [2.75, 3.05) is 20.2 Å². The van der Waals surface area contributed by atoms with E-state index < -0.39 is 29.9 Å². The van der Waals surface area contributed by atoms with Crippen molar-refractivity contribution < 1.29 is 25.5 Å². The number of aliphatic hydroxyl groups excluding tert-OH is 4. The van der Waals surface area contributed by atoms with Crippen molar-refractivity contribution in [1.29, 1.82) is 0 Å². The molecule has 16 heavy (non-hydrogen) atoms. The number of hydrogen-bond donors (Lipinski definition) is 5. The molecule has 1 heterocycles. The van der Waals surface area contributed by atoms with Crippen LogP contribution >= 0.6 is 24.0 Å². The smallest absolute Gasteiger partial charge is 0.162 e. The molecule has 0 aromatic carbocycles. The third-order valence-corrected chi connectivity index (χ3v) is 4.18. The van der Waals surface area contributed by atoms with Crippen LogP contribution in [-0.2, 0) is 0 Å². The molecule has 1 fully saturated rings. The van der Waals surface area contributed by atoms with E-state index >= 15 is 0 Å². The lowest BCUT2D eigenvalue weighted by atomic mass is 10.0. The normalized spacial score (nSPS) is 31.6. The molecular formula is C8H15NO5S2. The summed E-state index contributed by atoms with van der Waals surface area (Å²) >= 11 is 5.77. The maximum Gasteiger partial charge on any atom is 0.162 e. The first-order chi connectivity index (χ1) is 7.31. The second-order valence-electron chi connectivity index (χ2n) is 3.75. The minimum Gasteiger partial charge on any atom is -0.394 e. The van der Waals surface area contributed by atoms with Crippen LogP contribution in [0.15, 0.2) is 0 Å². The second-order valence-corrected chi connectivity index (χ2v) is 5.70. The molecule has 0 bridgehead atoms. The second kappa shape index (κ2) is 5.13. The highest BCUT2D eigenvalue weighted by atomic mass is 32.2. The molecule has 0 amide bonds. The van der Waals surface area contributed by atoms with Gasteiger partial charge < -0.3 is 30.4 Å². The lowest BCUT2D eigenvalue weighted by Gasteiger charge is -2.31. The van der Waals surface area contributed by atoms with Gasteiger partial charge in [-0.1, -0.05) is 24.0 Å². The van der Waals surface area contributed by atoms with E-state index in [1.807, 2.05) is 0 Å². The topological polar surface area (TPSA) is 104 Å². The standard InChI is InChI=1S/C8H15NO5S2/c1-9-3-8(14,16-7(9)15)6(13)5(12)4(11)2-10/h4-6,10-14H,2-3H2,1H3/t4-,5-,6-,8+/m1/s1. The first kappa shape index (κ1) is 14.1. The highest BCUT2D eigenvalue weighted by molar-refractivity contribution is 8.24. The van der Waals surface area contributed by atoms with Crippen molar-refractivity contribution in [3.05, 3.63) is 0 Å². The minimum absolute atomic E-state index is 0.0485. The van der Waals surface area contributed by atoms with Gasteiger partial charge in [-0.15, -0.1) is 0 Å². The Balaban J connectivity index is 2.73. The number of thiocarbonyl (C=S) groups is 1. The van der Waals surface area contributed by atoms with Gasteiger partial charge in [-0.05, 0) is 0 Å². The number of thioether (sulfide) groups is 1. The summed E-state index contributed by atoms with van der Waals surface area (Å²) in [5, 5.41) is 47.1. The molecule has 5 N–H and O–H groups in total. The quantitative estimate of drug-likeness (QED) is 0.363. The van der Waals surface area contributed by atoms with Gasteiger partial charge in [0.15, 0.2) is 4.93 Å². The van der Waals surface area contributed by atoms with Crippen LogP contribution in [0.3, 0.4) is 0 Å². The molecule has 0 saturated carbocycles. The molecule has 8 heteroatoms. The fourth-order valence-corrected chi connectivity index (χ4v) is 2.94. The molecule has 0 radical (unpaired) electrons. The van der Waals surface area contributed by atoms with E-state index in [9.17, 15) is 20.4 Å². The predicted octanol–water partition coefficient (Wildman–Crippen LogP) is -2.29. The van der Waals surface area contributed by atoms with Crippen LogP contribution in [0.1, 0.15) is 0 Å². The average Bonchev–Trinajstić information content (AvgIpc) is 2.50. The van der Waals surface area contributed by atoms with Crippen molar-refractivity contribution in [3.8, 4) is 0 Å². The van der Waals surface area contributed by atoms with E-state index in [-0.39, 0.29) is 6.54 Å². The van der Waals surface area contributed by atoms with Crippen LogP contribution in [0.2, 0.25) is 0 Å². The average molecular weight is 269 g/mol. The fourth-order valence-electron chi connectivity index (χ4n) is 1.40. The van der Waals surface area contributed by atoms with Crippen LogP contribution in [0.4, 0.5) is 0 Å². The Labute approximate surface area is 103 Å². The molecule has 0 unspecified atom stereocenters. The van der Waals surface area contributed by atoms with Crippen molar-refractivity contribution in [2.24, 2.45) is 0 Å². The van der Waals surface area contributed by atoms with Gasteiger partial charge in [0, 0.05) is 7.05 Å². The highest BCUT2D eigenvalue weighted by Crippen LogP contribution is 2.37. The first-order valence-corrected chi connectivity index (χ1v) is 5.86. The maximum absolute atomic E-state index is 10.0. The monoisotopic (exact) mass is 269 g/mol. The predicted molar refractivity (Wildman–Crippen MR) is 62.9 cm³/mol. The van der Waals surface area contributed by atoms with Crippen LogP contribution in [0.25, 0.3) is 0 Å². The molecule has 0 spiro atoms. The maximum atomic E-state index is 10.0.